The van der Waals surface area contributed by atoms with E-state index in [1.54, 1.807) is 0 Å². The summed E-state index contributed by atoms with van der Waals surface area (Å²) in [6.07, 6.45) is 0.718. The molecule has 1 saturated heterocycles. The summed E-state index contributed by atoms with van der Waals surface area (Å²) in [6.45, 7) is 7.22. The molecule has 0 radical (unpaired) electrons. The minimum atomic E-state index is -0.488. The van der Waals surface area contributed by atoms with Crippen LogP contribution < -0.4 is 0 Å². The molecule has 1 aromatic carbocycles. The van der Waals surface area contributed by atoms with Gasteiger partial charge in [0.1, 0.15) is 6.10 Å². The monoisotopic (exact) mass is 284 g/mol. The van der Waals surface area contributed by atoms with E-state index in [1.165, 1.54) is 5.56 Å². The molecule has 0 aliphatic carbocycles. The van der Waals surface area contributed by atoms with E-state index >= 15 is 0 Å². The molecule has 2 unspecified atom stereocenters. The summed E-state index contributed by atoms with van der Waals surface area (Å²) in [5.74, 6) is 0. The Labute approximate surface area is 122 Å². The smallest absolute Gasteiger partial charge is 0.183 e. The van der Waals surface area contributed by atoms with Gasteiger partial charge in [0, 0.05) is 13.7 Å². The lowest BCUT2D eigenvalue weighted by atomic mass is 10.1. The van der Waals surface area contributed by atoms with Crippen molar-refractivity contribution < 1.29 is 19.7 Å². The highest BCUT2D eigenvalue weighted by atomic mass is 16.7. The molecule has 1 fully saturated rings. The van der Waals surface area contributed by atoms with Crippen molar-refractivity contribution >= 4 is 0 Å². The van der Waals surface area contributed by atoms with Crippen molar-refractivity contribution in [2.75, 3.05) is 13.7 Å². The van der Waals surface area contributed by atoms with Crippen LogP contribution in [0.5, 0.6) is 0 Å². The first kappa shape index (κ1) is 19.1. The SMILES string of the molecule is CC.CO.Cc1ccccc1COC1OCCCC1O. The molecular weight excluding hydrogens is 256 g/mol. The highest BCUT2D eigenvalue weighted by Crippen LogP contribution is 2.17. The lowest BCUT2D eigenvalue weighted by molar-refractivity contribution is -0.219. The van der Waals surface area contributed by atoms with Gasteiger partial charge < -0.3 is 19.7 Å². The number of aryl methyl sites for hydroxylation is 1. The number of hydrogen-bond donors (Lipinski definition) is 2. The lowest BCUT2D eigenvalue weighted by Gasteiger charge is -2.28. The zero-order valence-corrected chi connectivity index (χ0v) is 13.0. The van der Waals surface area contributed by atoms with Crippen LogP contribution in [-0.4, -0.2) is 36.3 Å². The Bertz CT molecular complexity index is 341. The summed E-state index contributed by atoms with van der Waals surface area (Å²) < 4.78 is 11.0. The van der Waals surface area contributed by atoms with Crippen molar-refractivity contribution in [2.45, 2.75) is 52.6 Å². The third-order valence-corrected chi connectivity index (χ3v) is 2.90. The minimum absolute atomic E-state index is 0.464. The third-order valence-electron chi connectivity index (χ3n) is 2.90. The van der Waals surface area contributed by atoms with Crippen molar-refractivity contribution in [3.8, 4) is 0 Å². The van der Waals surface area contributed by atoms with Crippen LogP contribution in [0.15, 0.2) is 24.3 Å². The first-order valence-corrected chi connectivity index (χ1v) is 7.18. The van der Waals surface area contributed by atoms with Crippen molar-refractivity contribution in [3.63, 3.8) is 0 Å². The number of aliphatic hydroxyl groups is 2. The second kappa shape index (κ2) is 11.9. The molecule has 0 aromatic heterocycles. The summed E-state index contributed by atoms with van der Waals surface area (Å²) in [4.78, 5) is 0. The molecule has 2 atom stereocenters. The highest BCUT2D eigenvalue weighted by molar-refractivity contribution is 5.24. The standard InChI is InChI=1S/C13H18O3.C2H6.CH4O/c1-10-5-2-3-6-11(10)9-16-13-12(14)7-4-8-15-13;2*1-2/h2-3,5-6,12-14H,4,7-9H2,1H3;1-2H3;2H,1H3. The fraction of sp³-hybridized carbons (Fsp3) is 0.625. The van der Waals surface area contributed by atoms with E-state index in [1.807, 2.05) is 32.0 Å². The molecule has 4 nitrogen and oxygen atoms in total. The molecule has 2 N–H and O–H groups in total. The predicted molar refractivity (Wildman–Crippen MR) is 80.4 cm³/mol. The average molecular weight is 284 g/mol. The van der Waals surface area contributed by atoms with Gasteiger partial charge in [-0.1, -0.05) is 38.1 Å². The second-order valence-corrected chi connectivity index (χ2v) is 4.19. The molecule has 1 heterocycles. The van der Waals surface area contributed by atoms with Crippen LogP contribution in [0.2, 0.25) is 0 Å². The van der Waals surface area contributed by atoms with Crippen LogP contribution in [0.3, 0.4) is 0 Å². The van der Waals surface area contributed by atoms with Gasteiger partial charge in [0.05, 0.1) is 6.61 Å². The zero-order chi connectivity index (χ0) is 15.4. The van der Waals surface area contributed by atoms with E-state index in [4.69, 9.17) is 14.6 Å². The maximum Gasteiger partial charge on any atom is 0.183 e. The molecule has 1 aromatic rings. The van der Waals surface area contributed by atoms with Crippen LogP contribution in [0.4, 0.5) is 0 Å². The van der Waals surface area contributed by atoms with Crippen LogP contribution in [0.1, 0.15) is 37.8 Å². The van der Waals surface area contributed by atoms with Crippen molar-refractivity contribution in [1.29, 1.82) is 0 Å². The van der Waals surface area contributed by atoms with E-state index in [0.717, 1.165) is 25.5 Å². The van der Waals surface area contributed by atoms with Gasteiger partial charge in [-0.25, -0.2) is 0 Å². The number of aliphatic hydroxyl groups excluding tert-OH is 2. The van der Waals surface area contributed by atoms with Gasteiger partial charge in [-0.05, 0) is 30.9 Å². The molecule has 1 aliphatic heterocycles. The summed E-state index contributed by atoms with van der Waals surface area (Å²) in [5.41, 5.74) is 2.34. The van der Waals surface area contributed by atoms with Gasteiger partial charge in [-0.2, -0.15) is 0 Å². The second-order valence-electron chi connectivity index (χ2n) is 4.19. The Morgan fingerprint density at radius 2 is 1.90 bits per heavy atom. The van der Waals surface area contributed by atoms with E-state index < -0.39 is 12.4 Å². The van der Waals surface area contributed by atoms with Crippen molar-refractivity contribution in [1.82, 2.24) is 0 Å². The van der Waals surface area contributed by atoms with Gasteiger partial charge in [-0.3, -0.25) is 0 Å². The van der Waals surface area contributed by atoms with E-state index in [2.05, 4.69) is 13.0 Å². The van der Waals surface area contributed by atoms with Gasteiger partial charge in [0.15, 0.2) is 6.29 Å². The first-order chi connectivity index (χ1) is 9.77. The van der Waals surface area contributed by atoms with Gasteiger partial charge >= 0.3 is 0 Å². The lowest BCUT2D eigenvalue weighted by Crippen LogP contribution is -2.36. The number of benzene rings is 1. The quantitative estimate of drug-likeness (QED) is 0.896. The predicted octanol–water partition coefficient (Wildman–Crippen LogP) is 2.64. The minimum Gasteiger partial charge on any atom is -0.400 e. The number of hydrogen-bond acceptors (Lipinski definition) is 4. The van der Waals surface area contributed by atoms with Crippen molar-refractivity contribution in [2.24, 2.45) is 0 Å². The van der Waals surface area contributed by atoms with Gasteiger partial charge in [0.2, 0.25) is 0 Å². The summed E-state index contributed by atoms with van der Waals surface area (Å²) in [6, 6.07) is 8.08. The van der Waals surface area contributed by atoms with Gasteiger partial charge in [-0.15, -0.1) is 0 Å². The maximum atomic E-state index is 9.67. The fourth-order valence-electron chi connectivity index (χ4n) is 1.84. The molecule has 1 aliphatic rings. The van der Waals surface area contributed by atoms with Crippen LogP contribution in [-0.2, 0) is 16.1 Å². The largest absolute Gasteiger partial charge is 0.400 e. The zero-order valence-electron chi connectivity index (χ0n) is 13.0. The molecule has 116 valence electrons. The highest BCUT2D eigenvalue weighted by Gasteiger charge is 2.24. The summed E-state index contributed by atoms with van der Waals surface area (Å²) in [5, 5.41) is 16.7. The summed E-state index contributed by atoms with van der Waals surface area (Å²) in [7, 11) is 1.00. The van der Waals surface area contributed by atoms with Crippen molar-refractivity contribution in [3.05, 3.63) is 35.4 Å². The first-order valence-electron chi connectivity index (χ1n) is 7.18. The summed E-state index contributed by atoms with van der Waals surface area (Å²) >= 11 is 0. The number of ether oxygens (including phenoxy) is 2. The molecule has 0 saturated carbocycles. The molecule has 2 rings (SSSR count). The third kappa shape index (κ3) is 6.48. The Morgan fingerprint density at radius 1 is 1.25 bits per heavy atom. The molecule has 20 heavy (non-hydrogen) atoms. The maximum absolute atomic E-state index is 9.67. The van der Waals surface area contributed by atoms with E-state index in [-0.39, 0.29) is 0 Å². The average Bonchev–Trinajstić information content (AvgIpc) is 2.52. The van der Waals surface area contributed by atoms with E-state index in [0.29, 0.717) is 13.2 Å². The van der Waals surface area contributed by atoms with Crippen LogP contribution in [0.25, 0.3) is 0 Å². The Morgan fingerprint density at radius 3 is 2.50 bits per heavy atom. The topological polar surface area (TPSA) is 58.9 Å². The molecule has 0 amide bonds. The Hall–Kier alpha value is -0.940. The van der Waals surface area contributed by atoms with Crippen LogP contribution >= 0.6 is 0 Å². The Balaban J connectivity index is 0.000000829. The fourth-order valence-corrected chi connectivity index (χ4v) is 1.84. The molecule has 0 bridgehead atoms. The number of rotatable bonds is 3. The Kier molecular flexibility index (Phi) is 11.3. The normalized spacial score (nSPS) is 21.1. The van der Waals surface area contributed by atoms with E-state index in [9.17, 15) is 5.11 Å². The van der Waals surface area contributed by atoms with Crippen LogP contribution in [0, 0.1) is 6.92 Å². The molecule has 0 spiro atoms. The molecular formula is C16H28O4. The van der Waals surface area contributed by atoms with Gasteiger partial charge in [0.25, 0.3) is 0 Å². The molecule has 4 heteroatoms.